The predicted molar refractivity (Wildman–Crippen MR) is 100 cm³/mol. The van der Waals surface area contributed by atoms with Crippen molar-refractivity contribution in [3.8, 4) is 0 Å². The van der Waals surface area contributed by atoms with E-state index in [0.717, 1.165) is 32.1 Å². The van der Waals surface area contributed by atoms with Crippen LogP contribution in [0.5, 0.6) is 0 Å². The lowest BCUT2D eigenvalue weighted by molar-refractivity contribution is 0.769. The third kappa shape index (κ3) is 5.06. The molecular formula is C23H24N. The van der Waals surface area contributed by atoms with Crippen LogP contribution in [0.15, 0.2) is 72.9 Å². The van der Waals surface area contributed by atoms with E-state index in [9.17, 15) is 0 Å². The van der Waals surface area contributed by atoms with Crippen LogP contribution in [0.3, 0.4) is 0 Å². The van der Waals surface area contributed by atoms with Crippen molar-refractivity contribution in [1.82, 2.24) is 4.98 Å². The average Bonchev–Trinajstić information content (AvgIpc) is 2.65. The van der Waals surface area contributed by atoms with Gasteiger partial charge in [-0.1, -0.05) is 54.6 Å². The number of benzene rings is 2. The number of nitrogens with zero attached hydrogens (tertiary/aromatic N) is 1. The number of rotatable bonds is 8. The summed E-state index contributed by atoms with van der Waals surface area (Å²) in [7, 11) is 0. The zero-order chi connectivity index (χ0) is 16.5. The molecule has 0 amide bonds. The molecule has 0 spiro atoms. The van der Waals surface area contributed by atoms with Gasteiger partial charge in [0.1, 0.15) is 0 Å². The van der Waals surface area contributed by atoms with E-state index in [2.05, 4.69) is 65.6 Å². The van der Waals surface area contributed by atoms with E-state index in [0.29, 0.717) is 0 Å². The monoisotopic (exact) mass is 314 g/mol. The molecule has 0 aliphatic heterocycles. The van der Waals surface area contributed by atoms with Crippen molar-refractivity contribution in [2.24, 2.45) is 0 Å². The smallest absolute Gasteiger partial charge is 0.0403 e. The molecule has 1 heterocycles. The molecule has 0 aliphatic rings. The van der Waals surface area contributed by atoms with Crippen LogP contribution >= 0.6 is 0 Å². The van der Waals surface area contributed by atoms with E-state index in [-0.39, 0.29) is 0 Å². The molecular weight excluding hydrogens is 290 g/mol. The van der Waals surface area contributed by atoms with Gasteiger partial charge in [-0.05, 0) is 73.4 Å². The van der Waals surface area contributed by atoms with Gasteiger partial charge in [-0.3, -0.25) is 4.98 Å². The molecule has 24 heavy (non-hydrogen) atoms. The van der Waals surface area contributed by atoms with Gasteiger partial charge in [0.05, 0.1) is 0 Å². The molecule has 1 nitrogen and oxygen atoms in total. The Hall–Kier alpha value is -2.41. The standard InChI is InChI=1S/C23H24N/c1-2-10-20(11-3-1)12-8-15-21-13-4-5-14-22(21)16-9-18-23-17-6-7-19-24-23/h1-7,10-11,14,17,19H,8-9,12,15-16,18H2. The van der Waals surface area contributed by atoms with E-state index >= 15 is 0 Å². The van der Waals surface area contributed by atoms with Crippen LogP contribution in [-0.4, -0.2) is 4.98 Å². The van der Waals surface area contributed by atoms with Gasteiger partial charge < -0.3 is 0 Å². The Bertz CT molecular complexity index is 655. The Kier molecular flexibility index (Phi) is 6.18. The first-order chi connectivity index (χ1) is 11.9. The molecule has 0 saturated carbocycles. The molecule has 0 fully saturated rings. The normalized spacial score (nSPS) is 10.7. The van der Waals surface area contributed by atoms with E-state index < -0.39 is 0 Å². The summed E-state index contributed by atoms with van der Waals surface area (Å²) in [5.41, 5.74) is 5.43. The van der Waals surface area contributed by atoms with Crippen LogP contribution in [0.1, 0.15) is 35.2 Å². The quantitative estimate of drug-likeness (QED) is 0.554. The summed E-state index contributed by atoms with van der Waals surface area (Å²) in [4.78, 5) is 4.41. The molecule has 1 aromatic heterocycles. The van der Waals surface area contributed by atoms with Crippen LogP contribution in [0, 0.1) is 6.07 Å². The minimum atomic E-state index is 1.04. The lowest BCUT2D eigenvalue weighted by Gasteiger charge is -2.09. The third-order valence-corrected chi connectivity index (χ3v) is 4.38. The lowest BCUT2D eigenvalue weighted by Crippen LogP contribution is -1.98. The van der Waals surface area contributed by atoms with Crippen molar-refractivity contribution >= 4 is 0 Å². The molecule has 0 bridgehead atoms. The summed E-state index contributed by atoms with van der Waals surface area (Å²) in [6.45, 7) is 0. The Morgan fingerprint density at radius 1 is 0.708 bits per heavy atom. The number of aryl methyl sites for hydroxylation is 4. The maximum absolute atomic E-state index is 4.41. The highest BCUT2D eigenvalue weighted by molar-refractivity contribution is 5.27. The van der Waals surface area contributed by atoms with Crippen LogP contribution < -0.4 is 0 Å². The first-order valence-electron chi connectivity index (χ1n) is 8.84. The summed E-state index contributed by atoms with van der Waals surface area (Å²) in [5, 5.41) is 0. The van der Waals surface area contributed by atoms with Crippen molar-refractivity contribution in [1.29, 1.82) is 0 Å². The van der Waals surface area contributed by atoms with Crippen molar-refractivity contribution < 1.29 is 0 Å². The van der Waals surface area contributed by atoms with Crippen LogP contribution in [0.4, 0.5) is 0 Å². The number of hydrogen-bond acceptors (Lipinski definition) is 1. The summed E-state index contributed by atoms with van der Waals surface area (Å²) in [6, 6.07) is 26.7. The molecule has 2 aromatic carbocycles. The van der Waals surface area contributed by atoms with Gasteiger partial charge in [0.15, 0.2) is 0 Å². The Labute approximate surface area is 145 Å². The average molecular weight is 314 g/mol. The van der Waals surface area contributed by atoms with E-state index in [4.69, 9.17) is 0 Å². The Balaban J connectivity index is 1.51. The third-order valence-electron chi connectivity index (χ3n) is 4.38. The Morgan fingerprint density at radius 2 is 1.54 bits per heavy atom. The molecule has 0 aliphatic carbocycles. The second-order valence-electron chi connectivity index (χ2n) is 6.19. The van der Waals surface area contributed by atoms with Crippen LogP contribution in [0.2, 0.25) is 0 Å². The summed E-state index contributed by atoms with van der Waals surface area (Å²) in [5.74, 6) is 0. The zero-order valence-corrected chi connectivity index (χ0v) is 14.1. The van der Waals surface area contributed by atoms with Crippen LogP contribution in [-0.2, 0) is 25.7 Å². The van der Waals surface area contributed by atoms with E-state index in [1.54, 1.807) is 0 Å². The van der Waals surface area contributed by atoms with Crippen molar-refractivity contribution in [2.75, 3.05) is 0 Å². The van der Waals surface area contributed by atoms with Crippen molar-refractivity contribution in [2.45, 2.75) is 38.5 Å². The molecule has 3 rings (SSSR count). The van der Waals surface area contributed by atoms with Crippen molar-refractivity contribution in [3.63, 3.8) is 0 Å². The second-order valence-corrected chi connectivity index (χ2v) is 6.19. The highest BCUT2D eigenvalue weighted by atomic mass is 14.7. The second kappa shape index (κ2) is 9.02. The maximum atomic E-state index is 4.41. The highest BCUT2D eigenvalue weighted by Gasteiger charge is 2.03. The predicted octanol–water partition coefficient (Wildman–Crippen LogP) is 5.23. The first kappa shape index (κ1) is 16.4. The van der Waals surface area contributed by atoms with E-state index in [1.807, 2.05) is 18.3 Å². The number of pyridine rings is 1. The highest BCUT2D eigenvalue weighted by Crippen LogP contribution is 2.15. The minimum Gasteiger partial charge on any atom is -0.261 e. The molecule has 0 atom stereocenters. The SMILES string of the molecule is [c]1cccc(CCCc2ccccn2)c1CCCc1ccccc1. The maximum Gasteiger partial charge on any atom is 0.0403 e. The van der Waals surface area contributed by atoms with Gasteiger partial charge in [-0.15, -0.1) is 0 Å². The van der Waals surface area contributed by atoms with Gasteiger partial charge in [0.2, 0.25) is 0 Å². The molecule has 3 aromatic rings. The molecule has 0 N–H and O–H groups in total. The summed E-state index contributed by atoms with van der Waals surface area (Å²) >= 11 is 0. The van der Waals surface area contributed by atoms with Gasteiger partial charge in [0, 0.05) is 11.9 Å². The summed E-state index contributed by atoms with van der Waals surface area (Å²) < 4.78 is 0. The minimum absolute atomic E-state index is 1.04. The summed E-state index contributed by atoms with van der Waals surface area (Å²) in [6.07, 6.45) is 8.58. The van der Waals surface area contributed by atoms with Crippen molar-refractivity contribution in [3.05, 3.63) is 101 Å². The molecule has 1 heteroatoms. The Morgan fingerprint density at radius 3 is 2.38 bits per heavy atom. The van der Waals surface area contributed by atoms with Gasteiger partial charge >= 0.3 is 0 Å². The number of aromatic nitrogens is 1. The first-order valence-corrected chi connectivity index (χ1v) is 8.84. The van der Waals surface area contributed by atoms with Gasteiger partial charge in [-0.2, -0.15) is 0 Å². The molecule has 0 saturated heterocycles. The largest absolute Gasteiger partial charge is 0.261 e. The number of hydrogen-bond donors (Lipinski definition) is 0. The lowest BCUT2D eigenvalue weighted by atomic mass is 9.96. The molecule has 0 unspecified atom stereocenters. The fourth-order valence-electron chi connectivity index (χ4n) is 3.09. The zero-order valence-electron chi connectivity index (χ0n) is 14.1. The van der Waals surface area contributed by atoms with E-state index in [1.165, 1.54) is 28.8 Å². The fraction of sp³-hybridized carbons (Fsp3) is 0.261. The topological polar surface area (TPSA) is 12.9 Å². The fourth-order valence-corrected chi connectivity index (χ4v) is 3.09. The molecule has 121 valence electrons. The van der Waals surface area contributed by atoms with Gasteiger partial charge in [-0.25, -0.2) is 0 Å². The van der Waals surface area contributed by atoms with Gasteiger partial charge in [0.25, 0.3) is 0 Å². The van der Waals surface area contributed by atoms with Crippen LogP contribution in [0.25, 0.3) is 0 Å². The molecule has 1 radical (unpaired) electrons.